The van der Waals surface area contributed by atoms with Gasteiger partial charge < -0.3 is 15.7 Å². The van der Waals surface area contributed by atoms with Gasteiger partial charge in [0.15, 0.2) is 11.6 Å². The maximum Gasteiger partial charge on any atom is 0.151 e. The quantitative estimate of drug-likeness (QED) is 0.595. The van der Waals surface area contributed by atoms with E-state index in [-0.39, 0.29) is 18.0 Å². The topological polar surface area (TPSA) is 49.5 Å². The van der Waals surface area contributed by atoms with Crippen LogP contribution in [0.5, 0.6) is 0 Å². The van der Waals surface area contributed by atoms with Crippen LogP contribution in [0.25, 0.3) is 0 Å². The van der Waals surface area contributed by atoms with Crippen molar-refractivity contribution < 1.29 is 13.9 Å². The van der Waals surface area contributed by atoms with Crippen molar-refractivity contribution in [2.75, 3.05) is 30.8 Å². The summed E-state index contributed by atoms with van der Waals surface area (Å²) in [7, 11) is 1.64. The molecule has 0 radical (unpaired) electrons. The van der Waals surface area contributed by atoms with E-state index in [2.05, 4.69) is 0 Å². The zero-order valence-corrected chi connectivity index (χ0v) is 9.92. The lowest BCUT2D eigenvalue weighted by molar-refractivity contribution is 0.283. The molecule has 0 aliphatic heterocycles. The predicted molar refractivity (Wildman–Crippen MR) is 65.0 cm³/mol. The molecule has 0 saturated heterocycles. The molecular weight excluding hydrogens is 226 g/mol. The number of nitrogen functional groups attached to an aromatic ring is 1. The Morgan fingerprint density at radius 3 is 2.29 bits per heavy atom. The third-order valence-electron chi connectivity index (χ3n) is 2.57. The van der Waals surface area contributed by atoms with Gasteiger partial charge in [0.2, 0.25) is 0 Å². The third kappa shape index (κ3) is 3.85. The van der Waals surface area contributed by atoms with Gasteiger partial charge in [-0.2, -0.15) is 0 Å². The summed E-state index contributed by atoms with van der Waals surface area (Å²) in [4.78, 5) is 1.53. The summed E-state index contributed by atoms with van der Waals surface area (Å²) in [6.45, 7) is 0.687. The molecule has 17 heavy (non-hydrogen) atoms. The number of nitrogens with zero attached hydrogens (tertiary/aromatic N) is 1. The van der Waals surface area contributed by atoms with Crippen LogP contribution in [0.3, 0.4) is 0 Å². The minimum Gasteiger partial charge on any atom is -0.399 e. The summed E-state index contributed by atoms with van der Waals surface area (Å²) < 4.78 is 27.1. The van der Waals surface area contributed by atoms with Crippen molar-refractivity contribution in [3.63, 3.8) is 0 Å². The molecule has 0 aliphatic rings. The van der Waals surface area contributed by atoms with Gasteiger partial charge in [-0.05, 0) is 31.4 Å². The molecule has 1 aromatic rings. The Bertz CT molecular complexity index is 349. The fourth-order valence-corrected chi connectivity index (χ4v) is 1.70. The van der Waals surface area contributed by atoms with E-state index in [9.17, 15) is 8.78 Å². The molecule has 3 nitrogen and oxygen atoms in total. The Labute approximate surface area is 99.8 Å². The molecule has 1 aromatic carbocycles. The molecule has 3 N–H and O–H groups in total. The summed E-state index contributed by atoms with van der Waals surface area (Å²) in [5.74, 6) is -1.29. The van der Waals surface area contributed by atoms with Crippen LogP contribution in [0.1, 0.15) is 19.3 Å². The maximum absolute atomic E-state index is 13.5. The number of halogens is 2. The third-order valence-corrected chi connectivity index (χ3v) is 2.57. The fraction of sp³-hybridized carbons (Fsp3) is 0.500. The largest absolute Gasteiger partial charge is 0.399 e. The van der Waals surface area contributed by atoms with E-state index in [0.717, 1.165) is 25.0 Å². The van der Waals surface area contributed by atoms with Crippen LogP contribution < -0.4 is 10.6 Å². The van der Waals surface area contributed by atoms with Gasteiger partial charge in [0, 0.05) is 25.9 Å². The minimum atomic E-state index is -0.646. The number of hydrogen-bond acceptors (Lipinski definition) is 3. The fourth-order valence-electron chi connectivity index (χ4n) is 1.70. The summed E-state index contributed by atoms with van der Waals surface area (Å²) >= 11 is 0. The number of aliphatic hydroxyl groups excluding tert-OH is 1. The van der Waals surface area contributed by atoms with Crippen LogP contribution in [-0.4, -0.2) is 25.3 Å². The van der Waals surface area contributed by atoms with Crippen LogP contribution in [-0.2, 0) is 0 Å². The van der Waals surface area contributed by atoms with Gasteiger partial charge in [-0.1, -0.05) is 0 Å². The normalized spacial score (nSPS) is 10.6. The van der Waals surface area contributed by atoms with Crippen LogP contribution in [0.4, 0.5) is 20.2 Å². The maximum atomic E-state index is 13.5. The number of aliphatic hydroxyl groups is 1. The average molecular weight is 244 g/mol. The van der Waals surface area contributed by atoms with Crippen molar-refractivity contribution in [2.24, 2.45) is 0 Å². The Morgan fingerprint density at radius 2 is 1.76 bits per heavy atom. The lowest BCUT2D eigenvalue weighted by Gasteiger charge is -2.20. The second kappa shape index (κ2) is 6.39. The second-order valence-electron chi connectivity index (χ2n) is 4.04. The first kappa shape index (κ1) is 13.7. The van der Waals surface area contributed by atoms with E-state index in [1.54, 1.807) is 7.05 Å². The number of nitrogens with two attached hydrogens (primary N) is 1. The molecule has 0 atom stereocenters. The first-order valence-corrected chi connectivity index (χ1v) is 5.62. The molecule has 0 aliphatic carbocycles. The van der Waals surface area contributed by atoms with Crippen LogP contribution in [0.2, 0.25) is 0 Å². The summed E-state index contributed by atoms with van der Waals surface area (Å²) in [5, 5.41) is 8.62. The predicted octanol–water partition coefficient (Wildman–Crippen LogP) is 2.15. The van der Waals surface area contributed by atoms with E-state index >= 15 is 0 Å². The molecule has 0 heterocycles. The number of rotatable bonds is 6. The smallest absolute Gasteiger partial charge is 0.151 e. The Hall–Kier alpha value is -1.36. The second-order valence-corrected chi connectivity index (χ2v) is 4.04. The van der Waals surface area contributed by atoms with Crippen molar-refractivity contribution >= 4 is 11.4 Å². The van der Waals surface area contributed by atoms with Gasteiger partial charge in [-0.3, -0.25) is 0 Å². The van der Waals surface area contributed by atoms with Gasteiger partial charge in [-0.25, -0.2) is 8.78 Å². The van der Waals surface area contributed by atoms with Crippen molar-refractivity contribution in [2.45, 2.75) is 19.3 Å². The molecular formula is C12H18F2N2O. The van der Waals surface area contributed by atoms with Gasteiger partial charge in [0.25, 0.3) is 0 Å². The summed E-state index contributed by atoms with van der Waals surface area (Å²) in [6.07, 6.45) is 2.32. The molecule has 5 heteroatoms. The molecule has 1 rings (SSSR count). The Morgan fingerprint density at radius 1 is 1.18 bits per heavy atom. The first-order valence-electron chi connectivity index (χ1n) is 5.62. The minimum absolute atomic E-state index is 0.0526. The first-order chi connectivity index (χ1) is 8.06. The number of unbranched alkanes of at least 4 members (excludes halogenated alkanes) is 2. The molecule has 0 spiro atoms. The number of benzene rings is 1. The lowest BCUT2D eigenvalue weighted by atomic mass is 10.2. The molecule has 0 unspecified atom stereocenters. The van der Waals surface area contributed by atoms with Crippen molar-refractivity contribution in [3.8, 4) is 0 Å². The highest BCUT2D eigenvalue weighted by Gasteiger charge is 2.14. The standard InChI is InChI=1S/C12H18F2N2O/c1-16(5-3-2-4-6-17)12-10(13)7-9(15)8-11(12)14/h7-8,17H,2-6,15H2,1H3. The van der Waals surface area contributed by atoms with Crippen molar-refractivity contribution in [1.82, 2.24) is 0 Å². The van der Waals surface area contributed by atoms with Crippen molar-refractivity contribution in [1.29, 1.82) is 0 Å². The van der Waals surface area contributed by atoms with E-state index in [0.29, 0.717) is 13.0 Å². The van der Waals surface area contributed by atoms with Gasteiger partial charge in [0.05, 0.1) is 0 Å². The molecule has 0 amide bonds. The van der Waals surface area contributed by atoms with Gasteiger partial charge in [-0.15, -0.1) is 0 Å². The highest BCUT2D eigenvalue weighted by molar-refractivity contribution is 5.55. The molecule has 0 saturated carbocycles. The Kier molecular flexibility index (Phi) is 5.15. The molecule has 0 bridgehead atoms. The van der Waals surface area contributed by atoms with E-state index in [4.69, 9.17) is 10.8 Å². The van der Waals surface area contributed by atoms with E-state index in [1.165, 1.54) is 4.90 Å². The lowest BCUT2D eigenvalue weighted by Crippen LogP contribution is -2.21. The monoisotopic (exact) mass is 244 g/mol. The van der Waals surface area contributed by atoms with Crippen LogP contribution in [0.15, 0.2) is 12.1 Å². The number of anilines is 2. The summed E-state index contributed by atoms with van der Waals surface area (Å²) in [6, 6.07) is 2.23. The molecule has 96 valence electrons. The molecule has 0 aromatic heterocycles. The van der Waals surface area contributed by atoms with E-state index < -0.39 is 11.6 Å². The van der Waals surface area contributed by atoms with Gasteiger partial charge >= 0.3 is 0 Å². The molecule has 0 fully saturated rings. The zero-order chi connectivity index (χ0) is 12.8. The highest BCUT2D eigenvalue weighted by atomic mass is 19.1. The average Bonchev–Trinajstić information content (AvgIpc) is 2.23. The Balaban J connectivity index is 2.65. The van der Waals surface area contributed by atoms with Crippen molar-refractivity contribution in [3.05, 3.63) is 23.8 Å². The van der Waals surface area contributed by atoms with E-state index in [1.807, 2.05) is 0 Å². The zero-order valence-electron chi connectivity index (χ0n) is 9.92. The van der Waals surface area contributed by atoms with Gasteiger partial charge in [0.1, 0.15) is 5.69 Å². The summed E-state index contributed by atoms with van der Waals surface area (Å²) in [5.41, 5.74) is 5.37. The SMILES string of the molecule is CN(CCCCCO)c1c(F)cc(N)cc1F. The van der Waals surface area contributed by atoms with Crippen LogP contribution in [0, 0.1) is 11.6 Å². The highest BCUT2D eigenvalue weighted by Crippen LogP contribution is 2.25. The van der Waals surface area contributed by atoms with Crippen LogP contribution >= 0.6 is 0 Å². The number of hydrogen-bond donors (Lipinski definition) is 2.